The molecule has 2 heterocycles. The van der Waals surface area contributed by atoms with Gasteiger partial charge in [0, 0.05) is 61.4 Å². The number of aromatic nitrogens is 1. The number of piperazine rings is 1. The van der Waals surface area contributed by atoms with E-state index in [0.29, 0.717) is 12.8 Å². The minimum atomic E-state index is 0.156. The van der Waals surface area contributed by atoms with Gasteiger partial charge in [-0.1, -0.05) is 53.2 Å². The summed E-state index contributed by atoms with van der Waals surface area (Å²) in [7, 11) is 0. The number of carbonyl (C=O) groups is 1. The van der Waals surface area contributed by atoms with Crippen molar-refractivity contribution in [3.8, 4) is 11.3 Å². The number of hydrogen-bond acceptors (Lipinski definition) is 4. The molecule has 0 atom stereocenters. The van der Waals surface area contributed by atoms with Crippen LogP contribution in [0.15, 0.2) is 65.2 Å². The van der Waals surface area contributed by atoms with Crippen LogP contribution in [0.4, 0.5) is 5.69 Å². The van der Waals surface area contributed by atoms with Gasteiger partial charge >= 0.3 is 0 Å². The van der Waals surface area contributed by atoms with Gasteiger partial charge in [0.15, 0.2) is 0 Å². The van der Waals surface area contributed by atoms with Gasteiger partial charge < -0.3 is 14.3 Å². The number of benzene rings is 2. The number of carbonyl (C=O) groups excluding carboxylic acids is 1. The highest BCUT2D eigenvalue weighted by molar-refractivity contribution is 6.30. The Balaban J connectivity index is 1.28. The van der Waals surface area contributed by atoms with Crippen LogP contribution in [-0.2, 0) is 11.2 Å². The van der Waals surface area contributed by atoms with Crippen LogP contribution in [-0.4, -0.2) is 42.1 Å². The van der Waals surface area contributed by atoms with Crippen molar-refractivity contribution in [2.45, 2.75) is 12.8 Å². The summed E-state index contributed by atoms with van der Waals surface area (Å²) in [5.41, 5.74) is 2.92. The molecule has 0 saturated carbocycles. The fourth-order valence-electron chi connectivity index (χ4n) is 3.45. The zero-order valence-electron chi connectivity index (χ0n) is 15.6. The molecule has 0 N–H and O–H groups in total. The fraction of sp³-hybridized carbons (Fsp3) is 0.273. The van der Waals surface area contributed by atoms with E-state index in [1.54, 1.807) is 0 Å². The Morgan fingerprint density at radius 3 is 2.54 bits per heavy atom. The predicted octanol–water partition coefficient (Wildman–Crippen LogP) is 4.28. The quantitative estimate of drug-likeness (QED) is 0.647. The largest absolute Gasteiger partial charge is 0.368 e. The summed E-state index contributed by atoms with van der Waals surface area (Å²) < 4.78 is 5.40. The maximum atomic E-state index is 12.6. The first kappa shape index (κ1) is 18.6. The summed E-state index contributed by atoms with van der Waals surface area (Å²) >= 11 is 6.08. The number of aryl methyl sites for hydroxylation is 1. The first-order valence-electron chi connectivity index (χ1n) is 9.48. The van der Waals surface area contributed by atoms with E-state index in [1.165, 1.54) is 0 Å². The van der Waals surface area contributed by atoms with E-state index >= 15 is 0 Å². The van der Waals surface area contributed by atoms with E-state index in [0.717, 1.165) is 53.9 Å². The van der Waals surface area contributed by atoms with Crippen molar-refractivity contribution in [2.75, 3.05) is 31.1 Å². The van der Waals surface area contributed by atoms with Crippen molar-refractivity contribution in [1.29, 1.82) is 0 Å². The first-order chi connectivity index (χ1) is 13.7. The molecule has 0 aliphatic carbocycles. The van der Waals surface area contributed by atoms with E-state index in [4.69, 9.17) is 16.1 Å². The Labute approximate surface area is 169 Å². The molecule has 4 rings (SSSR count). The van der Waals surface area contributed by atoms with Gasteiger partial charge in [0.25, 0.3) is 0 Å². The molecular weight excluding hydrogens is 374 g/mol. The highest BCUT2D eigenvalue weighted by Crippen LogP contribution is 2.22. The molecule has 0 bridgehead atoms. The lowest BCUT2D eigenvalue weighted by molar-refractivity contribution is -0.131. The fourth-order valence-corrected chi connectivity index (χ4v) is 3.64. The van der Waals surface area contributed by atoms with Crippen molar-refractivity contribution in [3.05, 3.63) is 71.4 Å². The van der Waals surface area contributed by atoms with Crippen molar-refractivity contribution in [3.63, 3.8) is 0 Å². The van der Waals surface area contributed by atoms with Crippen molar-refractivity contribution >= 4 is 23.2 Å². The van der Waals surface area contributed by atoms with E-state index < -0.39 is 0 Å². The maximum absolute atomic E-state index is 12.6. The number of hydrogen-bond donors (Lipinski definition) is 0. The van der Waals surface area contributed by atoms with Gasteiger partial charge in [0.05, 0.1) is 0 Å². The number of anilines is 1. The molecule has 6 heteroatoms. The minimum Gasteiger partial charge on any atom is -0.368 e. The molecule has 28 heavy (non-hydrogen) atoms. The Kier molecular flexibility index (Phi) is 5.63. The summed E-state index contributed by atoms with van der Waals surface area (Å²) in [6.45, 7) is 3.06. The number of nitrogens with zero attached hydrogens (tertiary/aromatic N) is 3. The van der Waals surface area contributed by atoms with Gasteiger partial charge in [-0.15, -0.1) is 0 Å². The lowest BCUT2D eigenvalue weighted by Gasteiger charge is -2.36. The standard InChI is InChI=1S/C22H22ClN3O2/c23-18-7-4-8-19(15-18)25-11-13-26(14-12-25)22(27)10-9-20-16-21(24-28-20)17-5-2-1-3-6-17/h1-8,15-16H,9-14H2. The lowest BCUT2D eigenvalue weighted by Crippen LogP contribution is -2.48. The van der Waals surface area contributed by atoms with Gasteiger partial charge in [-0.25, -0.2) is 0 Å². The average Bonchev–Trinajstić information content (AvgIpc) is 3.22. The van der Waals surface area contributed by atoms with Crippen LogP contribution in [0, 0.1) is 0 Å². The predicted molar refractivity (Wildman–Crippen MR) is 111 cm³/mol. The van der Waals surface area contributed by atoms with Crippen LogP contribution in [0.1, 0.15) is 12.2 Å². The van der Waals surface area contributed by atoms with E-state index in [2.05, 4.69) is 16.1 Å². The molecule has 0 radical (unpaired) electrons. The van der Waals surface area contributed by atoms with Gasteiger partial charge in [-0.3, -0.25) is 4.79 Å². The summed E-state index contributed by atoms with van der Waals surface area (Å²) in [6.07, 6.45) is 0.994. The summed E-state index contributed by atoms with van der Waals surface area (Å²) in [4.78, 5) is 16.8. The molecule has 1 aromatic heterocycles. The van der Waals surface area contributed by atoms with Crippen LogP contribution >= 0.6 is 11.6 Å². The molecule has 0 unspecified atom stereocenters. The van der Waals surface area contributed by atoms with Crippen LogP contribution in [0.25, 0.3) is 11.3 Å². The molecule has 0 spiro atoms. The van der Waals surface area contributed by atoms with Crippen molar-refractivity contribution in [2.24, 2.45) is 0 Å². The molecule has 3 aromatic rings. The van der Waals surface area contributed by atoms with Gasteiger partial charge in [0.2, 0.25) is 5.91 Å². The number of rotatable bonds is 5. The molecule has 5 nitrogen and oxygen atoms in total. The highest BCUT2D eigenvalue weighted by atomic mass is 35.5. The topological polar surface area (TPSA) is 49.6 Å². The minimum absolute atomic E-state index is 0.156. The molecule has 144 valence electrons. The van der Waals surface area contributed by atoms with Gasteiger partial charge in [0.1, 0.15) is 11.5 Å². The first-order valence-corrected chi connectivity index (χ1v) is 9.86. The molecule has 1 amide bonds. The Morgan fingerprint density at radius 1 is 1.00 bits per heavy atom. The second-order valence-electron chi connectivity index (χ2n) is 6.89. The van der Waals surface area contributed by atoms with Crippen LogP contribution < -0.4 is 4.90 Å². The molecule has 1 aliphatic rings. The molecule has 2 aromatic carbocycles. The second kappa shape index (κ2) is 8.48. The zero-order valence-corrected chi connectivity index (χ0v) is 16.3. The Hall–Kier alpha value is -2.79. The van der Waals surface area contributed by atoms with Gasteiger partial charge in [-0.2, -0.15) is 0 Å². The zero-order chi connectivity index (χ0) is 19.3. The molecule has 1 aliphatic heterocycles. The van der Waals surface area contributed by atoms with Crippen LogP contribution in [0.2, 0.25) is 5.02 Å². The van der Waals surface area contributed by atoms with Gasteiger partial charge in [-0.05, 0) is 18.2 Å². The number of halogens is 1. The third-order valence-electron chi connectivity index (χ3n) is 5.02. The Morgan fingerprint density at radius 2 is 1.79 bits per heavy atom. The normalized spacial score (nSPS) is 14.3. The third-order valence-corrected chi connectivity index (χ3v) is 5.25. The van der Waals surface area contributed by atoms with E-state index in [1.807, 2.05) is 59.5 Å². The summed E-state index contributed by atoms with van der Waals surface area (Å²) in [5.74, 6) is 0.896. The average molecular weight is 396 g/mol. The van der Waals surface area contributed by atoms with Crippen LogP contribution in [0.3, 0.4) is 0 Å². The third kappa shape index (κ3) is 4.37. The molecule has 1 saturated heterocycles. The smallest absolute Gasteiger partial charge is 0.223 e. The highest BCUT2D eigenvalue weighted by Gasteiger charge is 2.21. The van der Waals surface area contributed by atoms with E-state index in [-0.39, 0.29) is 5.91 Å². The maximum Gasteiger partial charge on any atom is 0.223 e. The lowest BCUT2D eigenvalue weighted by atomic mass is 10.1. The van der Waals surface area contributed by atoms with Crippen molar-refractivity contribution < 1.29 is 9.32 Å². The molecular formula is C22H22ClN3O2. The SMILES string of the molecule is O=C(CCc1cc(-c2ccccc2)no1)N1CCN(c2cccc(Cl)c2)CC1. The monoisotopic (exact) mass is 395 g/mol. The molecule has 1 fully saturated rings. The second-order valence-corrected chi connectivity index (χ2v) is 7.33. The van der Waals surface area contributed by atoms with Crippen molar-refractivity contribution in [1.82, 2.24) is 10.1 Å². The summed E-state index contributed by atoms with van der Waals surface area (Å²) in [6, 6.07) is 19.7. The summed E-state index contributed by atoms with van der Waals surface area (Å²) in [5, 5.41) is 4.84. The number of amides is 1. The van der Waals surface area contributed by atoms with E-state index in [9.17, 15) is 4.79 Å². The van der Waals surface area contributed by atoms with Crippen LogP contribution in [0.5, 0.6) is 0 Å². The Bertz CT molecular complexity index is 934.